The predicted octanol–water partition coefficient (Wildman–Crippen LogP) is 1.71. The molecule has 0 aliphatic carbocycles. The van der Waals surface area contributed by atoms with E-state index in [-0.39, 0.29) is 17.4 Å². The van der Waals surface area contributed by atoms with Gasteiger partial charge in [0.2, 0.25) is 5.76 Å². The summed E-state index contributed by atoms with van der Waals surface area (Å²) < 4.78 is 4.94. The Kier molecular flexibility index (Phi) is 3.42. The standard InChI is InChI=1S/C11H10N2O4S/c1-13(4-7-5-18-6-12-7)10(14)8-2-3-9(17-8)11(15)16/h2-3,5-6H,4H2,1H3,(H,15,16). The third-order valence-electron chi connectivity index (χ3n) is 2.26. The van der Waals surface area contributed by atoms with Gasteiger partial charge in [0.15, 0.2) is 5.76 Å². The van der Waals surface area contributed by atoms with Crippen molar-refractivity contribution in [2.75, 3.05) is 7.05 Å². The van der Waals surface area contributed by atoms with E-state index in [1.165, 1.54) is 28.4 Å². The highest BCUT2D eigenvalue weighted by atomic mass is 32.1. The molecule has 1 amide bonds. The number of aromatic carboxylic acids is 1. The number of rotatable bonds is 4. The molecular formula is C11H10N2O4S. The van der Waals surface area contributed by atoms with Crippen molar-refractivity contribution in [2.24, 2.45) is 0 Å². The Labute approximate surface area is 106 Å². The zero-order valence-electron chi connectivity index (χ0n) is 9.49. The Morgan fingerprint density at radius 3 is 2.72 bits per heavy atom. The monoisotopic (exact) mass is 266 g/mol. The molecule has 0 unspecified atom stereocenters. The smallest absolute Gasteiger partial charge is 0.371 e. The quantitative estimate of drug-likeness (QED) is 0.910. The Bertz CT molecular complexity index is 561. The normalized spacial score (nSPS) is 10.3. The van der Waals surface area contributed by atoms with Crippen LogP contribution in [0.25, 0.3) is 0 Å². The maximum absolute atomic E-state index is 11.9. The average Bonchev–Trinajstić information content (AvgIpc) is 2.98. The summed E-state index contributed by atoms with van der Waals surface area (Å²) in [7, 11) is 1.60. The summed E-state index contributed by atoms with van der Waals surface area (Å²) in [5, 5.41) is 10.5. The third-order valence-corrected chi connectivity index (χ3v) is 2.89. The maximum Gasteiger partial charge on any atom is 0.371 e. The summed E-state index contributed by atoms with van der Waals surface area (Å²) in [6.45, 7) is 0.353. The lowest BCUT2D eigenvalue weighted by Crippen LogP contribution is -2.25. The molecule has 2 rings (SSSR count). The van der Waals surface area contributed by atoms with Gasteiger partial charge in [0.05, 0.1) is 17.7 Å². The molecule has 0 saturated heterocycles. The van der Waals surface area contributed by atoms with E-state index in [2.05, 4.69) is 4.98 Å². The van der Waals surface area contributed by atoms with Gasteiger partial charge in [-0.1, -0.05) is 0 Å². The number of furan rings is 1. The van der Waals surface area contributed by atoms with E-state index in [0.717, 1.165) is 5.69 Å². The van der Waals surface area contributed by atoms with Gasteiger partial charge in [-0.05, 0) is 12.1 Å². The molecule has 0 atom stereocenters. The molecule has 0 fully saturated rings. The van der Waals surface area contributed by atoms with E-state index in [1.807, 2.05) is 5.38 Å². The van der Waals surface area contributed by atoms with Crippen molar-refractivity contribution in [1.82, 2.24) is 9.88 Å². The topological polar surface area (TPSA) is 83.6 Å². The molecule has 2 aromatic heterocycles. The van der Waals surface area contributed by atoms with Gasteiger partial charge in [-0.2, -0.15) is 0 Å². The van der Waals surface area contributed by atoms with Crippen LogP contribution in [0.5, 0.6) is 0 Å². The van der Waals surface area contributed by atoms with E-state index in [0.29, 0.717) is 6.54 Å². The minimum atomic E-state index is -1.20. The van der Waals surface area contributed by atoms with Gasteiger partial charge in [0.1, 0.15) is 0 Å². The molecule has 2 aromatic rings. The number of thiazole rings is 1. The lowest BCUT2D eigenvalue weighted by molar-refractivity contribution is 0.0652. The van der Waals surface area contributed by atoms with E-state index in [9.17, 15) is 9.59 Å². The summed E-state index contributed by atoms with van der Waals surface area (Å²) in [6.07, 6.45) is 0. The summed E-state index contributed by atoms with van der Waals surface area (Å²) in [6, 6.07) is 2.61. The minimum Gasteiger partial charge on any atom is -0.475 e. The lowest BCUT2D eigenvalue weighted by atomic mass is 10.3. The first-order valence-electron chi connectivity index (χ1n) is 5.03. The number of carboxylic acids is 1. The molecule has 0 spiro atoms. The Hall–Kier alpha value is -2.15. The summed E-state index contributed by atoms with van der Waals surface area (Å²) in [5.74, 6) is -1.82. The van der Waals surface area contributed by atoms with E-state index in [4.69, 9.17) is 9.52 Å². The first-order chi connectivity index (χ1) is 8.58. The van der Waals surface area contributed by atoms with Crippen molar-refractivity contribution in [2.45, 2.75) is 6.54 Å². The highest BCUT2D eigenvalue weighted by molar-refractivity contribution is 7.07. The first-order valence-corrected chi connectivity index (χ1v) is 5.98. The van der Waals surface area contributed by atoms with Crippen LogP contribution in [0.1, 0.15) is 26.8 Å². The fraction of sp³-hybridized carbons (Fsp3) is 0.182. The van der Waals surface area contributed by atoms with Crippen molar-refractivity contribution in [3.05, 3.63) is 40.2 Å². The SMILES string of the molecule is CN(Cc1cscn1)C(=O)c1ccc(C(=O)O)o1. The fourth-order valence-corrected chi connectivity index (χ4v) is 1.94. The minimum absolute atomic E-state index is 0.00475. The van der Waals surface area contributed by atoms with Gasteiger partial charge in [-0.25, -0.2) is 9.78 Å². The summed E-state index contributed by atoms with van der Waals surface area (Å²) in [4.78, 5) is 28.0. The number of carbonyl (C=O) groups excluding carboxylic acids is 1. The van der Waals surface area contributed by atoms with Gasteiger partial charge in [0.25, 0.3) is 5.91 Å². The molecule has 0 bridgehead atoms. The van der Waals surface area contributed by atoms with Crippen molar-refractivity contribution >= 4 is 23.2 Å². The van der Waals surface area contributed by atoms with Crippen molar-refractivity contribution in [3.8, 4) is 0 Å². The van der Waals surface area contributed by atoms with Crippen LogP contribution in [0.4, 0.5) is 0 Å². The molecule has 0 aliphatic rings. The Morgan fingerprint density at radius 1 is 1.44 bits per heavy atom. The number of carbonyl (C=O) groups is 2. The van der Waals surface area contributed by atoms with Crippen LogP contribution in [0.3, 0.4) is 0 Å². The Balaban J connectivity index is 2.08. The molecule has 0 aromatic carbocycles. The number of carboxylic acid groups (broad SMARTS) is 1. The molecule has 6 nitrogen and oxygen atoms in total. The lowest BCUT2D eigenvalue weighted by Gasteiger charge is -2.13. The Morgan fingerprint density at radius 2 is 2.17 bits per heavy atom. The zero-order valence-corrected chi connectivity index (χ0v) is 10.3. The van der Waals surface area contributed by atoms with Gasteiger partial charge in [0, 0.05) is 12.4 Å². The molecule has 2 heterocycles. The van der Waals surface area contributed by atoms with Crippen LogP contribution < -0.4 is 0 Å². The van der Waals surface area contributed by atoms with E-state index < -0.39 is 5.97 Å². The molecule has 7 heteroatoms. The third kappa shape index (κ3) is 2.57. The van der Waals surface area contributed by atoms with Gasteiger partial charge < -0.3 is 14.4 Å². The number of hydrogen-bond acceptors (Lipinski definition) is 5. The number of aromatic nitrogens is 1. The van der Waals surface area contributed by atoms with Crippen LogP contribution in [-0.2, 0) is 6.54 Å². The van der Waals surface area contributed by atoms with Crippen molar-refractivity contribution in [3.63, 3.8) is 0 Å². The molecule has 0 saturated carbocycles. The van der Waals surface area contributed by atoms with Gasteiger partial charge in [-0.3, -0.25) is 4.79 Å². The molecule has 0 aliphatic heterocycles. The van der Waals surface area contributed by atoms with Crippen LogP contribution >= 0.6 is 11.3 Å². The molecule has 1 N–H and O–H groups in total. The highest BCUT2D eigenvalue weighted by Crippen LogP contribution is 2.12. The average molecular weight is 266 g/mol. The van der Waals surface area contributed by atoms with Crippen LogP contribution in [-0.4, -0.2) is 33.9 Å². The van der Waals surface area contributed by atoms with E-state index in [1.54, 1.807) is 12.6 Å². The molecule has 0 radical (unpaired) electrons. The van der Waals surface area contributed by atoms with Crippen molar-refractivity contribution < 1.29 is 19.1 Å². The van der Waals surface area contributed by atoms with E-state index >= 15 is 0 Å². The van der Waals surface area contributed by atoms with Crippen molar-refractivity contribution in [1.29, 1.82) is 0 Å². The second-order valence-electron chi connectivity index (χ2n) is 3.61. The zero-order chi connectivity index (χ0) is 13.1. The summed E-state index contributed by atoms with van der Waals surface area (Å²) >= 11 is 1.45. The summed E-state index contributed by atoms with van der Waals surface area (Å²) in [5.41, 5.74) is 2.46. The molecule has 94 valence electrons. The number of amides is 1. The highest BCUT2D eigenvalue weighted by Gasteiger charge is 2.18. The maximum atomic E-state index is 11.9. The first kappa shape index (κ1) is 12.3. The van der Waals surface area contributed by atoms with Gasteiger partial charge in [-0.15, -0.1) is 11.3 Å². The largest absolute Gasteiger partial charge is 0.475 e. The van der Waals surface area contributed by atoms with Crippen LogP contribution in [0.2, 0.25) is 0 Å². The predicted molar refractivity (Wildman–Crippen MR) is 63.6 cm³/mol. The molecular weight excluding hydrogens is 256 g/mol. The second-order valence-corrected chi connectivity index (χ2v) is 4.33. The fourth-order valence-electron chi connectivity index (χ4n) is 1.39. The number of nitrogens with zero attached hydrogens (tertiary/aromatic N) is 2. The van der Waals surface area contributed by atoms with Crippen LogP contribution in [0.15, 0.2) is 27.4 Å². The van der Waals surface area contributed by atoms with Gasteiger partial charge >= 0.3 is 5.97 Å². The molecule has 18 heavy (non-hydrogen) atoms. The number of hydrogen-bond donors (Lipinski definition) is 1. The van der Waals surface area contributed by atoms with Crippen LogP contribution in [0, 0.1) is 0 Å². The second kappa shape index (κ2) is 5.01.